The molecule has 0 aliphatic rings. The van der Waals surface area contributed by atoms with Gasteiger partial charge in [-0.2, -0.15) is 0 Å². The molecule has 0 radical (unpaired) electrons. The van der Waals surface area contributed by atoms with Crippen LogP contribution in [0.4, 0.5) is 5.69 Å². The fourth-order valence-corrected chi connectivity index (χ4v) is 3.24. The van der Waals surface area contributed by atoms with Gasteiger partial charge in [-0.25, -0.2) is 9.89 Å². The maximum absolute atomic E-state index is 12.5. The largest absolute Gasteiger partial charge is 0.343 e. The lowest BCUT2D eigenvalue weighted by Crippen LogP contribution is -2.24. The maximum Gasteiger partial charge on any atom is 0.343 e. The van der Waals surface area contributed by atoms with E-state index in [0.29, 0.717) is 11.7 Å². The van der Waals surface area contributed by atoms with Gasteiger partial charge < -0.3 is 5.32 Å². The Bertz CT molecular complexity index is 746. The molecule has 0 fully saturated rings. The van der Waals surface area contributed by atoms with Crippen LogP contribution < -0.4 is 11.0 Å². The SMILES string of the molecule is CCCCn1c(SC(C)C(=O)Nc2c(C)cccc2C)n[nH]c1=O. The van der Waals surface area contributed by atoms with Crippen LogP contribution in [-0.2, 0) is 11.3 Å². The summed E-state index contributed by atoms with van der Waals surface area (Å²) in [4.78, 5) is 24.3. The summed E-state index contributed by atoms with van der Waals surface area (Å²) >= 11 is 1.29. The molecule has 0 bridgehead atoms. The Morgan fingerprint density at radius 1 is 1.38 bits per heavy atom. The number of carbonyl (C=O) groups excluding carboxylic acids is 1. The van der Waals surface area contributed by atoms with Crippen LogP contribution in [-0.4, -0.2) is 25.9 Å². The monoisotopic (exact) mass is 348 g/mol. The van der Waals surface area contributed by atoms with E-state index in [1.165, 1.54) is 11.8 Å². The van der Waals surface area contributed by atoms with Gasteiger partial charge in [0.25, 0.3) is 0 Å². The number of benzene rings is 1. The summed E-state index contributed by atoms with van der Waals surface area (Å²) < 4.78 is 1.59. The third kappa shape index (κ3) is 4.29. The standard InChI is InChI=1S/C17H24N4O2S/c1-5-6-10-21-16(23)19-20-17(21)24-13(4)15(22)18-14-11(2)8-7-9-12(14)3/h7-9,13H,5-6,10H2,1-4H3,(H,18,22)(H,19,23). The molecule has 0 saturated carbocycles. The molecule has 2 rings (SSSR count). The quantitative estimate of drug-likeness (QED) is 0.754. The highest BCUT2D eigenvalue weighted by molar-refractivity contribution is 8.00. The molecule has 1 unspecified atom stereocenters. The van der Waals surface area contributed by atoms with Crippen LogP contribution in [0, 0.1) is 13.8 Å². The summed E-state index contributed by atoms with van der Waals surface area (Å²) in [5.74, 6) is -0.102. The molecule has 0 aliphatic heterocycles. The van der Waals surface area contributed by atoms with Crippen LogP contribution in [0.15, 0.2) is 28.2 Å². The Hall–Kier alpha value is -2.02. The number of carbonyl (C=O) groups is 1. The molecule has 6 nitrogen and oxygen atoms in total. The molecule has 2 aromatic rings. The zero-order valence-electron chi connectivity index (χ0n) is 14.5. The first-order valence-corrected chi connectivity index (χ1v) is 9.01. The van der Waals surface area contributed by atoms with Crippen molar-refractivity contribution in [2.75, 3.05) is 5.32 Å². The predicted molar refractivity (Wildman–Crippen MR) is 97.6 cm³/mol. The van der Waals surface area contributed by atoms with Gasteiger partial charge in [-0.1, -0.05) is 43.3 Å². The highest BCUT2D eigenvalue weighted by atomic mass is 32.2. The summed E-state index contributed by atoms with van der Waals surface area (Å²) in [6, 6.07) is 5.90. The van der Waals surface area contributed by atoms with Crippen molar-refractivity contribution in [2.45, 2.75) is 57.5 Å². The third-order valence-corrected chi connectivity index (χ3v) is 4.93. The Balaban J connectivity index is 2.08. The zero-order valence-corrected chi connectivity index (χ0v) is 15.4. The van der Waals surface area contributed by atoms with Crippen molar-refractivity contribution in [3.05, 3.63) is 39.8 Å². The van der Waals surface area contributed by atoms with Crippen molar-refractivity contribution in [2.24, 2.45) is 0 Å². The van der Waals surface area contributed by atoms with E-state index in [2.05, 4.69) is 22.4 Å². The molecule has 24 heavy (non-hydrogen) atoms. The molecule has 0 spiro atoms. The second kappa shape index (κ2) is 8.19. The summed E-state index contributed by atoms with van der Waals surface area (Å²) in [5, 5.41) is 9.68. The van der Waals surface area contributed by atoms with Crippen LogP contribution in [0.5, 0.6) is 0 Å². The van der Waals surface area contributed by atoms with Crippen molar-refractivity contribution >= 4 is 23.4 Å². The van der Waals surface area contributed by atoms with Gasteiger partial charge in [-0.3, -0.25) is 9.36 Å². The molecule has 0 aliphatic carbocycles. The van der Waals surface area contributed by atoms with Gasteiger partial charge in [-0.15, -0.1) is 5.10 Å². The summed E-state index contributed by atoms with van der Waals surface area (Å²) in [6.45, 7) is 8.43. The summed E-state index contributed by atoms with van der Waals surface area (Å²) in [5.41, 5.74) is 2.68. The average Bonchev–Trinajstić information content (AvgIpc) is 2.88. The number of anilines is 1. The number of para-hydroxylation sites is 1. The van der Waals surface area contributed by atoms with E-state index < -0.39 is 0 Å². The predicted octanol–water partition coefficient (Wildman–Crippen LogP) is 3.11. The van der Waals surface area contributed by atoms with Gasteiger partial charge >= 0.3 is 5.69 Å². The Labute approximate surface area is 146 Å². The van der Waals surface area contributed by atoms with E-state index in [1.54, 1.807) is 4.57 Å². The van der Waals surface area contributed by atoms with E-state index in [-0.39, 0.29) is 16.8 Å². The first-order chi connectivity index (χ1) is 11.4. The van der Waals surface area contributed by atoms with Crippen molar-refractivity contribution in [1.29, 1.82) is 0 Å². The van der Waals surface area contributed by atoms with Crippen LogP contribution in [0.1, 0.15) is 37.8 Å². The number of rotatable bonds is 7. The van der Waals surface area contributed by atoms with Gasteiger partial charge in [0.05, 0.1) is 5.25 Å². The summed E-state index contributed by atoms with van der Waals surface area (Å²) in [6.07, 6.45) is 1.89. The van der Waals surface area contributed by atoms with E-state index in [4.69, 9.17) is 0 Å². The number of unbranched alkanes of at least 4 members (excludes halogenated alkanes) is 1. The van der Waals surface area contributed by atoms with Crippen LogP contribution in [0.25, 0.3) is 0 Å². The number of thioether (sulfide) groups is 1. The van der Waals surface area contributed by atoms with E-state index in [1.807, 2.05) is 39.0 Å². The number of H-pyrrole nitrogens is 1. The third-order valence-electron chi connectivity index (χ3n) is 3.84. The lowest BCUT2D eigenvalue weighted by Gasteiger charge is -2.15. The minimum atomic E-state index is -0.361. The topological polar surface area (TPSA) is 79.8 Å². The highest BCUT2D eigenvalue weighted by Gasteiger charge is 2.20. The fraction of sp³-hybridized carbons (Fsp3) is 0.471. The van der Waals surface area contributed by atoms with Gasteiger partial charge in [0.15, 0.2) is 5.16 Å². The van der Waals surface area contributed by atoms with Gasteiger partial charge in [0, 0.05) is 12.2 Å². The van der Waals surface area contributed by atoms with Crippen molar-refractivity contribution in [3.63, 3.8) is 0 Å². The molecular formula is C17H24N4O2S. The molecule has 130 valence electrons. The number of aromatic nitrogens is 3. The second-order valence-corrected chi connectivity index (χ2v) is 7.14. The van der Waals surface area contributed by atoms with Crippen LogP contribution >= 0.6 is 11.8 Å². The van der Waals surface area contributed by atoms with Crippen LogP contribution in [0.2, 0.25) is 0 Å². The van der Waals surface area contributed by atoms with E-state index in [9.17, 15) is 9.59 Å². The van der Waals surface area contributed by atoms with Crippen LogP contribution in [0.3, 0.4) is 0 Å². The molecule has 1 aromatic carbocycles. The minimum Gasteiger partial charge on any atom is -0.325 e. The number of amides is 1. The normalized spacial score (nSPS) is 12.2. The van der Waals surface area contributed by atoms with Gasteiger partial charge in [-0.05, 0) is 38.3 Å². The molecule has 1 amide bonds. The smallest absolute Gasteiger partial charge is 0.325 e. The number of aromatic amines is 1. The van der Waals surface area contributed by atoms with E-state index in [0.717, 1.165) is 29.7 Å². The number of aryl methyl sites for hydroxylation is 2. The van der Waals surface area contributed by atoms with E-state index >= 15 is 0 Å². The number of hydrogen-bond acceptors (Lipinski definition) is 4. The Kier molecular flexibility index (Phi) is 6.25. The van der Waals surface area contributed by atoms with Crippen molar-refractivity contribution in [3.8, 4) is 0 Å². The average molecular weight is 348 g/mol. The number of hydrogen-bond donors (Lipinski definition) is 2. The number of nitrogens with one attached hydrogen (secondary N) is 2. The first kappa shape index (κ1) is 18.3. The second-order valence-electron chi connectivity index (χ2n) is 5.83. The Morgan fingerprint density at radius 2 is 2.04 bits per heavy atom. The Morgan fingerprint density at radius 3 is 2.67 bits per heavy atom. The first-order valence-electron chi connectivity index (χ1n) is 8.13. The van der Waals surface area contributed by atoms with Gasteiger partial charge in [0.1, 0.15) is 0 Å². The molecule has 2 N–H and O–H groups in total. The molecular weight excluding hydrogens is 324 g/mol. The fourth-order valence-electron chi connectivity index (χ4n) is 2.35. The lowest BCUT2D eigenvalue weighted by atomic mass is 10.1. The lowest BCUT2D eigenvalue weighted by molar-refractivity contribution is -0.115. The summed E-state index contributed by atoms with van der Waals surface area (Å²) in [7, 11) is 0. The zero-order chi connectivity index (χ0) is 17.7. The number of nitrogens with zero attached hydrogens (tertiary/aromatic N) is 2. The van der Waals surface area contributed by atoms with Gasteiger partial charge in [0.2, 0.25) is 5.91 Å². The molecule has 1 aromatic heterocycles. The molecule has 7 heteroatoms. The molecule has 1 atom stereocenters. The molecule has 0 saturated heterocycles. The highest BCUT2D eigenvalue weighted by Crippen LogP contribution is 2.24. The van der Waals surface area contributed by atoms with Crippen molar-refractivity contribution in [1.82, 2.24) is 14.8 Å². The van der Waals surface area contributed by atoms with Crippen molar-refractivity contribution < 1.29 is 4.79 Å². The minimum absolute atomic E-state index is 0.102. The molecule has 1 heterocycles. The maximum atomic E-state index is 12.5.